The second kappa shape index (κ2) is 6.60. The monoisotopic (exact) mass is 274 g/mol. The molecule has 0 N–H and O–H groups in total. The number of hydrogen-bond donors (Lipinski definition) is 0. The highest BCUT2D eigenvalue weighted by Crippen LogP contribution is 2.39. The Bertz CT molecular complexity index is 478. The maximum atomic E-state index is 11.8. The first-order valence-corrected chi connectivity index (χ1v) is 7.23. The average Bonchev–Trinajstić information content (AvgIpc) is 2.53. The number of rotatable bonds is 4. The van der Waals surface area contributed by atoms with Gasteiger partial charge in [0, 0.05) is 11.8 Å². The Morgan fingerprint density at radius 1 is 1.20 bits per heavy atom. The third-order valence-electron chi connectivity index (χ3n) is 3.99. The number of esters is 1. The highest BCUT2D eigenvalue weighted by Gasteiger charge is 2.35. The first-order valence-electron chi connectivity index (χ1n) is 7.23. The van der Waals surface area contributed by atoms with E-state index in [1.165, 1.54) is 12.7 Å². The van der Waals surface area contributed by atoms with E-state index >= 15 is 0 Å². The van der Waals surface area contributed by atoms with Crippen molar-refractivity contribution < 1.29 is 14.3 Å². The van der Waals surface area contributed by atoms with Crippen LogP contribution < -0.4 is 0 Å². The van der Waals surface area contributed by atoms with Crippen molar-refractivity contribution >= 4 is 5.97 Å². The highest BCUT2D eigenvalue weighted by molar-refractivity contribution is 5.86. The molecular weight excluding hydrogens is 252 g/mol. The lowest BCUT2D eigenvalue weighted by Gasteiger charge is -2.36. The van der Waals surface area contributed by atoms with Crippen LogP contribution in [0.2, 0.25) is 0 Å². The van der Waals surface area contributed by atoms with Crippen LogP contribution in [0.1, 0.15) is 38.2 Å². The van der Waals surface area contributed by atoms with Gasteiger partial charge in [0.05, 0.1) is 7.11 Å². The lowest BCUT2D eigenvalue weighted by atomic mass is 9.78. The molecular formula is C17H22O3. The van der Waals surface area contributed by atoms with Crippen molar-refractivity contribution in [1.29, 1.82) is 0 Å². The summed E-state index contributed by atoms with van der Waals surface area (Å²) in [7, 11) is 1.39. The smallest absolute Gasteiger partial charge is 0.373 e. The van der Waals surface area contributed by atoms with Gasteiger partial charge >= 0.3 is 5.97 Å². The molecule has 0 amide bonds. The lowest BCUT2D eigenvalue weighted by Crippen LogP contribution is -2.33. The third kappa shape index (κ3) is 2.87. The van der Waals surface area contributed by atoms with Crippen LogP contribution in [0.15, 0.2) is 42.2 Å². The standard InChI is InChI=1S/C17H22O3/c1-4-13-14(12-9-7-6-8-10-12)11-16(17(18)19-3)20-15(13)5-2/h6-11,13-15H,4-5H2,1-3H3/t13-,14+,15+/m0/s1. The van der Waals surface area contributed by atoms with Crippen LogP contribution in [-0.4, -0.2) is 19.2 Å². The van der Waals surface area contributed by atoms with Crippen LogP contribution in [-0.2, 0) is 14.3 Å². The number of carbonyl (C=O) groups excluding carboxylic acids is 1. The van der Waals surface area contributed by atoms with Gasteiger partial charge in [0.25, 0.3) is 0 Å². The van der Waals surface area contributed by atoms with Crippen LogP contribution in [0.5, 0.6) is 0 Å². The Morgan fingerprint density at radius 2 is 1.90 bits per heavy atom. The fourth-order valence-corrected chi connectivity index (χ4v) is 2.95. The summed E-state index contributed by atoms with van der Waals surface area (Å²) in [5, 5.41) is 0. The SMILES string of the molecule is CC[C@H]1[C@@H](c2ccccc2)C=C(C(=O)OC)O[C@@H]1CC. The quantitative estimate of drug-likeness (QED) is 0.786. The summed E-state index contributed by atoms with van der Waals surface area (Å²) in [6, 6.07) is 10.3. The molecule has 1 aliphatic heterocycles. The summed E-state index contributed by atoms with van der Waals surface area (Å²) in [6.45, 7) is 4.26. The van der Waals surface area contributed by atoms with Gasteiger partial charge in [-0.1, -0.05) is 44.2 Å². The number of allylic oxidation sites excluding steroid dienone is 1. The summed E-state index contributed by atoms with van der Waals surface area (Å²) in [5.41, 5.74) is 1.22. The molecule has 0 aromatic heterocycles. The molecule has 1 aliphatic rings. The van der Waals surface area contributed by atoms with E-state index in [0.717, 1.165) is 12.8 Å². The van der Waals surface area contributed by atoms with Crippen LogP contribution >= 0.6 is 0 Å². The molecule has 20 heavy (non-hydrogen) atoms. The van der Waals surface area contributed by atoms with Gasteiger partial charge in [-0.25, -0.2) is 4.79 Å². The van der Waals surface area contributed by atoms with E-state index < -0.39 is 0 Å². The van der Waals surface area contributed by atoms with Crippen molar-refractivity contribution in [3.63, 3.8) is 0 Å². The third-order valence-corrected chi connectivity index (χ3v) is 3.99. The van der Waals surface area contributed by atoms with Crippen molar-refractivity contribution in [1.82, 2.24) is 0 Å². The molecule has 0 radical (unpaired) electrons. The van der Waals surface area contributed by atoms with Gasteiger partial charge in [0.1, 0.15) is 6.10 Å². The topological polar surface area (TPSA) is 35.5 Å². The highest BCUT2D eigenvalue weighted by atomic mass is 16.6. The van der Waals surface area contributed by atoms with E-state index in [0.29, 0.717) is 11.7 Å². The number of methoxy groups -OCH3 is 1. The fraction of sp³-hybridized carbons (Fsp3) is 0.471. The van der Waals surface area contributed by atoms with E-state index in [-0.39, 0.29) is 18.0 Å². The fourth-order valence-electron chi connectivity index (χ4n) is 2.95. The number of hydrogen-bond acceptors (Lipinski definition) is 3. The number of carbonyl (C=O) groups is 1. The van der Waals surface area contributed by atoms with E-state index in [9.17, 15) is 4.79 Å². The Kier molecular flexibility index (Phi) is 4.83. The van der Waals surface area contributed by atoms with E-state index in [1.54, 1.807) is 0 Å². The molecule has 0 saturated carbocycles. The molecule has 3 atom stereocenters. The summed E-state index contributed by atoms with van der Waals surface area (Å²) in [4.78, 5) is 11.8. The largest absolute Gasteiger partial charge is 0.483 e. The van der Waals surface area contributed by atoms with Crippen molar-refractivity contribution in [3.8, 4) is 0 Å². The minimum Gasteiger partial charge on any atom is -0.483 e. The normalized spacial score (nSPS) is 25.6. The predicted octanol–water partition coefficient (Wildman–Crippen LogP) is 3.66. The van der Waals surface area contributed by atoms with Crippen molar-refractivity contribution in [3.05, 3.63) is 47.7 Å². The van der Waals surface area contributed by atoms with Crippen molar-refractivity contribution in [2.45, 2.75) is 38.7 Å². The molecule has 0 saturated heterocycles. The maximum absolute atomic E-state index is 11.8. The van der Waals surface area contributed by atoms with Gasteiger partial charge in [-0.3, -0.25) is 0 Å². The van der Waals surface area contributed by atoms with Crippen LogP contribution in [0.25, 0.3) is 0 Å². The lowest BCUT2D eigenvalue weighted by molar-refractivity contribution is -0.142. The molecule has 3 heteroatoms. The summed E-state index contributed by atoms with van der Waals surface area (Å²) < 4.78 is 10.6. The second-order valence-corrected chi connectivity index (χ2v) is 5.10. The Labute approximate surface area is 120 Å². The summed E-state index contributed by atoms with van der Waals surface area (Å²) in [5.74, 6) is 0.543. The molecule has 1 heterocycles. The first kappa shape index (κ1) is 14.6. The average molecular weight is 274 g/mol. The van der Waals surface area contributed by atoms with Gasteiger partial charge in [-0.2, -0.15) is 0 Å². The van der Waals surface area contributed by atoms with E-state index in [4.69, 9.17) is 9.47 Å². The zero-order valence-electron chi connectivity index (χ0n) is 12.3. The van der Waals surface area contributed by atoms with Gasteiger partial charge in [-0.15, -0.1) is 0 Å². The Hall–Kier alpha value is -1.77. The van der Waals surface area contributed by atoms with Crippen molar-refractivity contribution in [2.75, 3.05) is 7.11 Å². The van der Waals surface area contributed by atoms with Crippen LogP contribution in [0, 0.1) is 5.92 Å². The molecule has 0 aliphatic carbocycles. The molecule has 2 rings (SSSR count). The van der Waals surface area contributed by atoms with Gasteiger partial charge < -0.3 is 9.47 Å². The molecule has 1 aromatic carbocycles. The van der Waals surface area contributed by atoms with Gasteiger partial charge in [0.2, 0.25) is 5.76 Å². The van der Waals surface area contributed by atoms with Crippen LogP contribution in [0.4, 0.5) is 0 Å². The zero-order valence-corrected chi connectivity index (χ0v) is 12.3. The minimum atomic E-state index is -0.390. The van der Waals surface area contributed by atoms with Gasteiger partial charge in [-0.05, 0) is 24.5 Å². The van der Waals surface area contributed by atoms with Gasteiger partial charge in [0.15, 0.2) is 0 Å². The molecule has 0 unspecified atom stereocenters. The Balaban J connectivity index is 2.40. The van der Waals surface area contributed by atoms with E-state index in [1.807, 2.05) is 24.3 Å². The summed E-state index contributed by atoms with van der Waals surface area (Å²) >= 11 is 0. The minimum absolute atomic E-state index is 0.0595. The summed E-state index contributed by atoms with van der Waals surface area (Å²) in [6.07, 6.45) is 3.88. The van der Waals surface area contributed by atoms with E-state index in [2.05, 4.69) is 26.0 Å². The molecule has 1 aromatic rings. The van der Waals surface area contributed by atoms with Crippen LogP contribution in [0.3, 0.4) is 0 Å². The molecule has 0 bridgehead atoms. The Morgan fingerprint density at radius 3 is 2.45 bits per heavy atom. The predicted molar refractivity (Wildman–Crippen MR) is 78.2 cm³/mol. The molecule has 3 nitrogen and oxygen atoms in total. The molecule has 108 valence electrons. The zero-order chi connectivity index (χ0) is 14.5. The first-order chi connectivity index (χ1) is 9.71. The molecule has 0 fully saturated rings. The second-order valence-electron chi connectivity index (χ2n) is 5.10. The maximum Gasteiger partial charge on any atom is 0.373 e. The molecule has 0 spiro atoms. The number of benzene rings is 1. The van der Waals surface area contributed by atoms with Crippen molar-refractivity contribution in [2.24, 2.45) is 5.92 Å². The number of ether oxygens (including phenoxy) is 2.